The van der Waals surface area contributed by atoms with Crippen molar-refractivity contribution in [1.82, 2.24) is 0 Å². The minimum Gasteiger partial charge on any atom is -0.478 e. The molecule has 6 heteroatoms. The molecule has 0 bridgehead atoms. The Morgan fingerprint density at radius 2 is 1.50 bits per heavy atom. The molecule has 0 radical (unpaired) electrons. The van der Waals surface area contributed by atoms with E-state index in [0.717, 1.165) is 5.56 Å². The van der Waals surface area contributed by atoms with Crippen LogP contribution in [0, 0.1) is 5.92 Å². The van der Waals surface area contributed by atoms with Crippen LogP contribution in [0.15, 0.2) is 60.7 Å². The number of aliphatic carboxylic acids is 1. The van der Waals surface area contributed by atoms with E-state index in [0.29, 0.717) is 5.56 Å². The molecule has 2 rings (SSSR count). The predicted octanol–water partition coefficient (Wildman–Crippen LogP) is 1.32. The molecule has 126 valence electrons. The molecule has 0 heterocycles. The lowest BCUT2D eigenvalue weighted by atomic mass is 9.89. The first kappa shape index (κ1) is 17.7. The molecule has 6 nitrogen and oxygen atoms in total. The van der Waals surface area contributed by atoms with Crippen LogP contribution in [0.5, 0.6) is 0 Å². The molecule has 0 aliphatic heterocycles. The lowest BCUT2D eigenvalue weighted by Gasteiger charge is -2.27. The number of benzene rings is 2. The Kier molecular flexibility index (Phi) is 5.68. The number of hydrogen-bond donors (Lipinski definition) is 3. The summed E-state index contributed by atoms with van der Waals surface area (Å²) in [7, 11) is 0. The summed E-state index contributed by atoms with van der Waals surface area (Å²) in [6.07, 6.45) is -0.0479. The van der Waals surface area contributed by atoms with Crippen LogP contribution in [0.3, 0.4) is 0 Å². The van der Waals surface area contributed by atoms with E-state index >= 15 is 0 Å². The molecule has 0 aromatic heterocycles. The maximum absolute atomic E-state index is 12.3. The topological polar surface area (TPSA) is 110 Å². The van der Waals surface area contributed by atoms with Crippen LogP contribution in [0.4, 0.5) is 0 Å². The van der Waals surface area contributed by atoms with Gasteiger partial charge < -0.3 is 14.9 Å². The number of nitrogens with two attached hydrogens (primary N) is 1. The monoisotopic (exact) mass is 329 g/mol. The van der Waals surface area contributed by atoms with Gasteiger partial charge >= 0.3 is 11.9 Å². The zero-order valence-electron chi connectivity index (χ0n) is 13.0. The Morgan fingerprint density at radius 3 is 2.00 bits per heavy atom. The smallest absolute Gasteiger partial charge is 0.351 e. The van der Waals surface area contributed by atoms with Gasteiger partial charge in [-0.1, -0.05) is 60.7 Å². The second-order valence-corrected chi connectivity index (χ2v) is 5.47. The molecular formula is C18H19NO5. The van der Waals surface area contributed by atoms with Crippen molar-refractivity contribution >= 4 is 11.9 Å². The highest BCUT2D eigenvalue weighted by Gasteiger charge is 2.46. The van der Waals surface area contributed by atoms with Gasteiger partial charge in [0.2, 0.25) is 5.72 Å². The fourth-order valence-corrected chi connectivity index (χ4v) is 2.25. The standard InChI is InChI=1S/C18H19NO5/c19-18(23,17(21)22)15(11-13-7-3-1-4-8-13)16(20)24-12-14-9-5-2-6-10-14/h1-10,15,23H,11-12,19H2,(H,21,22)/t15-,18-/m0/s1. The SMILES string of the molecule is N[C@@](O)(C(=O)O)[C@@H](Cc1ccccc1)C(=O)OCc1ccccc1. The molecule has 2 aromatic rings. The molecule has 0 fully saturated rings. The van der Waals surface area contributed by atoms with Crippen LogP contribution in [-0.2, 0) is 27.4 Å². The zero-order chi connectivity index (χ0) is 17.6. The molecule has 0 amide bonds. The van der Waals surface area contributed by atoms with E-state index in [9.17, 15) is 14.7 Å². The van der Waals surface area contributed by atoms with Crippen molar-refractivity contribution in [2.24, 2.45) is 11.7 Å². The van der Waals surface area contributed by atoms with E-state index in [-0.39, 0.29) is 13.0 Å². The van der Waals surface area contributed by atoms with Crippen molar-refractivity contribution in [2.75, 3.05) is 0 Å². The van der Waals surface area contributed by atoms with Gasteiger partial charge in [0.25, 0.3) is 0 Å². The predicted molar refractivity (Wildman–Crippen MR) is 86.6 cm³/mol. The maximum atomic E-state index is 12.3. The third kappa shape index (κ3) is 4.41. The lowest BCUT2D eigenvalue weighted by molar-refractivity contribution is -0.177. The van der Waals surface area contributed by atoms with E-state index in [1.165, 1.54) is 0 Å². The summed E-state index contributed by atoms with van der Waals surface area (Å²) < 4.78 is 5.16. The molecule has 0 saturated carbocycles. The normalized spacial score (nSPS) is 14.4. The van der Waals surface area contributed by atoms with Gasteiger partial charge in [-0.25, -0.2) is 4.79 Å². The average Bonchev–Trinajstić information content (AvgIpc) is 2.59. The Morgan fingerprint density at radius 1 is 1.00 bits per heavy atom. The van der Waals surface area contributed by atoms with Gasteiger partial charge in [0.05, 0.1) is 0 Å². The van der Waals surface area contributed by atoms with E-state index < -0.39 is 23.6 Å². The molecule has 0 saturated heterocycles. The van der Waals surface area contributed by atoms with Gasteiger partial charge in [-0.15, -0.1) is 0 Å². The second kappa shape index (κ2) is 7.72. The first-order valence-electron chi connectivity index (χ1n) is 7.40. The van der Waals surface area contributed by atoms with E-state index in [1.54, 1.807) is 54.6 Å². The van der Waals surface area contributed by atoms with Crippen molar-refractivity contribution in [3.63, 3.8) is 0 Å². The fraction of sp³-hybridized carbons (Fsp3) is 0.222. The van der Waals surface area contributed by atoms with Gasteiger partial charge in [0, 0.05) is 0 Å². The van der Waals surface area contributed by atoms with Gasteiger partial charge in [0.15, 0.2) is 0 Å². The number of aliphatic hydroxyl groups is 1. The van der Waals surface area contributed by atoms with Gasteiger partial charge in [-0.3, -0.25) is 10.5 Å². The Balaban J connectivity index is 2.15. The zero-order valence-corrected chi connectivity index (χ0v) is 13.0. The molecule has 4 N–H and O–H groups in total. The number of esters is 1. The van der Waals surface area contributed by atoms with E-state index in [2.05, 4.69) is 0 Å². The van der Waals surface area contributed by atoms with Crippen LogP contribution in [0.25, 0.3) is 0 Å². The first-order valence-corrected chi connectivity index (χ1v) is 7.40. The number of carbonyl (C=O) groups is 2. The quantitative estimate of drug-likeness (QED) is 0.522. The van der Waals surface area contributed by atoms with Crippen LogP contribution < -0.4 is 5.73 Å². The largest absolute Gasteiger partial charge is 0.478 e. The number of carboxylic acids is 1. The highest BCUT2D eigenvalue weighted by atomic mass is 16.5. The molecular weight excluding hydrogens is 310 g/mol. The van der Waals surface area contributed by atoms with E-state index in [4.69, 9.17) is 15.6 Å². The molecule has 0 aliphatic carbocycles. The Bertz CT molecular complexity index is 685. The maximum Gasteiger partial charge on any atom is 0.351 e. The third-order valence-corrected chi connectivity index (χ3v) is 3.66. The molecule has 0 spiro atoms. The van der Waals surface area contributed by atoms with Crippen LogP contribution in [-0.4, -0.2) is 27.9 Å². The summed E-state index contributed by atoms with van der Waals surface area (Å²) in [5.74, 6) is -3.98. The average molecular weight is 329 g/mol. The minimum absolute atomic E-state index is 0.0271. The fourth-order valence-electron chi connectivity index (χ4n) is 2.25. The highest BCUT2D eigenvalue weighted by Crippen LogP contribution is 2.21. The number of hydrogen-bond acceptors (Lipinski definition) is 5. The summed E-state index contributed by atoms with van der Waals surface area (Å²) in [5.41, 5.74) is 4.18. The number of carboxylic acid groups (broad SMARTS) is 1. The van der Waals surface area contributed by atoms with Crippen LogP contribution >= 0.6 is 0 Å². The van der Waals surface area contributed by atoms with Gasteiger partial charge in [-0.05, 0) is 17.5 Å². The van der Waals surface area contributed by atoms with Gasteiger partial charge in [0.1, 0.15) is 12.5 Å². The van der Waals surface area contributed by atoms with Crippen molar-refractivity contribution in [2.45, 2.75) is 18.8 Å². The first-order chi connectivity index (χ1) is 11.4. The third-order valence-electron chi connectivity index (χ3n) is 3.66. The minimum atomic E-state index is -2.72. The summed E-state index contributed by atoms with van der Waals surface area (Å²) in [6, 6.07) is 17.7. The second-order valence-electron chi connectivity index (χ2n) is 5.47. The van der Waals surface area contributed by atoms with Crippen molar-refractivity contribution in [1.29, 1.82) is 0 Å². The van der Waals surface area contributed by atoms with Crippen molar-refractivity contribution in [3.8, 4) is 0 Å². The highest BCUT2D eigenvalue weighted by molar-refractivity contribution is 5.86. The molecule has 0 aliphatic rings. The molecule has 2 aromatic carbocycles. The Labute approximate surface area is 139 Å². The van der Waals surface area contributed by atoms with Gasteiger partial charge in [-0.2, -0.15) is 0 Å². The molecule has 2 atom stereocenters. The summed E-state index contributed by atoms with van der Waals surface area (Å²) >= 11 is 0. The number of carbonyl (C=O) groups excluding carboxylic acids is 1. The van der Waals surface area contributed by atoms with Crippen molar-refractivity contribution < 1.29 is 24.5 Å². The number of rotatable bonds is 7. The Hall–Kier alpha value is -2.70. The molecule has 24 heavy (non-hydrogen) atoms. The van der Waals surface area contributed by atoms with Crippen molar-refractivity contribution in [3.05, 3.63) is 71.8 Å². The summed E-state index contributed by atoms with van der Waals surface area (Å²) in [6.45, 7) is -0.0271. The lowest BCUT2D eigenvalue weighted by Crippen LogP contribution is -2.57. The summed E-state index contributed by atoms with van der Waals surface area (Å²) in [5, 5.41) is 19.2. The van der Waals surface area contributed by atoms with Crippen LogP contribution in [0.1, 0.15) is 11.1 Å². The van der Waals surface area contributed by atoms with E-state index in [1.807, 2.05) is 6.07 Å². The summed E-state index contributed by atoms with van der Waals surface area (Å²) in [4.78, 5) is 23.6. The number of ether oxygens (including phenoxy) is 1. The molecule has 0 unspecified atom stereocenters. The van der Waals surface area contributed by atoms with Crippen LogP contribution in [0.2, 0.25) is 0 Å².